The van der Waals surface area contributed by atoms with Gasteiger partial charge in [-0.15, -0.1) is 0 Å². The molecule has 0 amide bonds. The highest BCUT2D eigenvalue weighted by Crippen LogP contribution is 2.27. The standard InChI is InChI=1S/C17H36N4O6/c1-2-20-6-15-13(24)5-12(19)17(26-15)27-16-11(18)3-9(4-14(16)25)21-10(7-22)8-23/h9-17,20-25H,2-8,18-19H2,1H3/t9-,11+,12-,13+,14-,15-,16?,17-/m1/s1. The minimum absolute atomic E-state index is 0.136. The third-order valence-electron chi connectivity index (χ3n) is 5.28. The Kier molecular flexibility index (Phi) is 9.29. The SMILES string of the molecule is CCNC[C@H]1O[C@H](OC2[C@H](O)C[C@H](NC(CO)CO)C[C@@H]2N)[C@H](N)C[C@@H]1O. The van der Waals surface area contributed by atoms with Gasteiger partial charge in [-0.2, -0.15) is 0 Å². The van der Waals surface area contributed by atoms with E-state index in [0.717, 1.165) is 6.54 Å². The molecule has 2 aliphatic rings. The van der Waals surface area contributed by atoms with E-state index < -0.39 is 48.8 Å². The number of hydrogen-bond acceptors (Lipinski definition) is 10. The van der Waals surface area contributed by atoms with Crippen molar-refractivity contribution in [2.45, 2.75) is 81.1 Å². The third kappa shape index (κ3) is 6.29. The van der Waals surface area contributed by atoms with Crippen LogP contribution >= 0.6 is 0 Å². The third-order valence-corrected chi connectivity index (χ3v) is 5.28. The molecular weight excluding hydrogens is 356 g/mol. The molecule has 0 spiro atoms. The van der Waals surface area contributed by atoms with Crippen molar-refractivity contribution >= 4 is 0 Å². The van der Waals surface area contributed by atoms with Crippen LogP contribution in [0.3, 0.4) is 0 Å². The number of ether oxygens (including phenoxy) is 2. The zero-order chi connectivity index (χ0) is 20.0. The van der Waals surface area contributed by atoms with E-state index in [4.69, 9.17) is 20.9 Å². The molecule has 1 saturated heterocycles. The van der Waals surface area contributed by atoms with Gasteiger partial charge in [0.05, 0.1) is 43.6 Å². The molecule has 10 nitrogen and oxygen atoms in total. The smallest absolute Gasteiger partial charge is 0.173 e. The van der Waals surface area contributed by atoms with Crippen molar-refractivity contribution in [3.63, 3.8) is 0 Å². The molecule has 0 bridgehead atoms. The average molecular weight is 392 g/mol. The first kappa shape index (κ1) is 22.9. The number of nitrogens with two attached hydrogens (primary N) is 2. The first-order chi connectivity index (χ1) is 12.9. The molecule has 10 N–H and O–H groups in total. The van der Waals surface area contributed by atoms with Gasteiger partial charge < -0.3 is 52.0 Å². The fourth-order valence-electron chi connectivity index (χ4n) is 3.76. The van der Waals surface area contributed by atoms with Crippen LogP contribution < -0.4 is 22.1 Å². The van der Waals surface area contributed by atoms with E-state index in [1.165, 1.54) is 0 Å². The van der Waals surface area contributed by atoms with Crippen molar-refractivity contribution in [1.29, 1.82) is 0 Å². The largest absolute Gasteiger partial charge is 0.395 e. The van der Waals surface area contributed by atoms with Crippen LogP contribution in [0.25, 0.3) is 0 Å². The van der Waals surface area contributed by atoms with E-state index in [1.54, 1.807) is 0 Å². The Morgan fingerprint density at radius 1 is 1.07 bits per heavy atom. The van der Waals surface area contributed by atoms with Crippen LogP contribution in [0, 0.1) is 0 Å². The van der Waals surface area contributed by atoms with E-state index in [2.05, 4.69) is 10.6 Å². The summed E-state index contributed by atoms with van der Waals surface area (Å²) in [5.74, 6) is 0. The van der Waals surface area contributed by atoms with E-state index in [1.807, 2.05) is 6.92 Å². The second-order valence-corrected chi connectivity index (χ2v) is 7.55. The van der Waals surface area contributed by atoms with Gasteiger partial charge in [0.25, 0.3) is 0 Å². The highest BCUT2D eigenvalue weighted by Gasteiger charge is 2.42. The highest BCUT2D eigenvalue weighted by molar-refractivity contribution is 4.95. The molecule has 27 heavy (non-hydrogen) atoms. The maximum absolute atomic E-state index is 10.5. The minimum atomic E-state index is -0.834. The molecule has 10 heteroatoms. The lowest BCUT2D eigenvalue weighted by Gasteiger charge is -2.44. The fraction of sp³-hybridized carbons (Fsp3) is 1.00. The van der Waals surface area contributed by atoms with Crippen molar-refractivity contribution in [3.05, 3.63) is 0 Å². The predicted octanol–water partition coefficient (Wildman–Crippen LogP) is -3.42. The van der Waals surface area contributed by atoms with Gasteiger partial charge in [-0.05, 0) is 25.8 Å². The zero-order valence-electron chi connectivity index (χ0n) is 15.9. The van der Waals surface area contributed by atoms with Crippen molar-refractivity contribution < 1.29 is 29.9 Å². The molecule has 1 aliphatic heterocycles. The molecular formula is C17H36N4O6. The van der Waals surface area contributed by atoms with Crippen LogP contribution in [0.4, 0.5) is 0 Å². The second kappa shape index (κ2) is 11.0. The van der Waals surface area contributed by atoms with Gasteiger partial charge in [-0.1, -0.05) is 6.92 Å². The molecule has 0 radical (unpaired) electrons. The predicted molar refractivity (Wildman–Crippen MR) is 98.8 cm³/mol. The molecule has 0 aromatic carbocycles. The van der Waals surface area contributed by atoms with Gasteiger partial charge in [0.15, 0.2) is 6.29 Å². The lowest BCUT2D eigenvalue weighted by atomic mass is 9.86. The molecule has 2 rings (SSSR count). The van der Waals surface area contributed by atoms with Crippen LogP contribution in [0.5, 0.6) is 0 Å². The maximum atomic E-state index is 10.5. The Bertz CT molecular complexity index is 418. The molecule has 1 heterocycles. The van der Waals surface area contributed by atoms with Gasteiger partial charge in [0.1, 0.15) is 6.10 Å². The summed E-state index contributed by atoms with van der Waals surface area (Å²) in [4.78, 5) is 0. The molecule has 0 aromatic heterocycles. The van der Waals surface area contributed by atoms with Crippen molar-refractivity contribution in [2.24, 2.45) is 11.5 Å². The first-order valence-corrected chi connectivity index (χ1v) is 9.76. The number of rotatable bonds is 9. The van der Waals surface area contributed by atoms with E-state index in [9.17, 15) is 20.4 Å². The van der Waals surface area contributed by atoms with Gasteiger partial charge >= 0.3 is 0 Å². The highest BCUT2D eigenvalue weighted by atomic mass is 16.7. The normalized spacial score (nSPS) is 40.4. The van der Waals surface area contributed by atoms with E-state index in [-0.39, 0.29) is 19.3 Å². The maximum Gasteiger partial charge on any atom is 0.173 e. The van der Waals surface area contributed by atoms with Crippen LogP contribution in [0.1, 0.15) is 26.2 Å². The van der Waals surface area contributed by atoms with Gasteiger partial charge in [-0.25, -0.2) is 0 Å². The average Bonchev–Trinajstić information content (AvgIpc) is 2.63. The number of nitrogens with one attached hydrogen (secondary N) is 2. The summed E-state index contributed by atoms with van der Waals surface area (Å²) in [5.41, 5.74) is 12.3. The summed E-state index contributed by atoms with van der Waals surface area (Å²) in [6, 6.07) is -1.56. The van der Waals surface area contributed by atoms with Crippen molar-refractivity contribution in [2.75, 3.05) is 26.3 Å². The summed E-state index contributed by atoms with van der Waals surface area (Å²) in [6.07, 6.45) is -2.10. The van der Waals surface area contributed by atoms with Crippen LogP contribution in [0.15, 0.2) is 0 Å². The number of aliphatic hydroxyl groups is 4. The molecule has 2 fully saturated rings. The number of hydrogen-bond donors (Lipinski definition) is 8. The number of aliphatic hydroxyl groups excluding tert-OH is 4. The van der Waals surface area contributed by atoms with E-state index >= 15 is 0 Å². The lowest BCUT2D eigenvalue weighted by Crippen LogP contribution is -2.61. The number of likely N-dealkylation sites (N-methyl/N-ethyl adjacent to an activating group) is 1. The fourth-order valence-corrected chi connectivity index (χ4v) is 3.76. The molecule has 1 aliphatic carbocycles. The monoisotopic (exact) mass is 392 g/mol. The van der Waals surface area contributed by atoms with Crippen molar-refractivity contribution in [1.82, 2.24) is 10.6 Å². The van der Waals surface area contributed by atoms with Gasteiger partial charge in [0, 0.05) is 18.6 Å². The topological polar surface area (TPSA) is 175 Å². The minimum Gasteiger partial charge on any atom is -0.395 e. The van der Waals surface area contributed by atoms with Crippen LogP contribution in [-0.2, 0) is 9.47 Å². The Labute approximate surface area is 160 Å². The van der Waals surface area contributed by atoms with Crippen LogP contribution in [-0.4, -0.2) is 102 Å². The molecule has 1 unspecified atom stereocenters. The second-order valence-electron chi connectivity index (χ2n) is 7.55. The quantitative estimate of drug-likeness (QED) is 0.197. The first-order valence-electron chi connectivity index (χ1n) is 9.76. The van der Waals surface area contributed by atoms with Gasteiger partial charge in [0.2, 0.25) is 0 Å². The molecule has 0 aromatic rings. The van der Waals surface area contributed by atoms with E-state index in [0.29, 0.717) is 25.8 Å². The molecule has 160 valence electrons. The van der Waals surface area contributed by atoms with Crippen molar-refractivity contribution in [3.8, 4) is 0 Å². The summed E-state index contributed by atoms with van der Waals surface area (Å²) < 4.78 is 11.8. The Morgan fingerprint density at radius 3 is 2.37 bits per heavy atom. The van der Waals surface area contributed by atoms with Gasteiger partial charge in [-0.3, -0.25) is 0 Å². The summed E-state index contributed by atoms with van der Waals surface area (Å²) in [5, 5.41) is 45.3. The summed E-state index contributed by atoms with van der Waals surface area (Å²) >= 11 is 0. The molecule has 1 saturated carbocycles. The Hall–Kier alpha value is -0.400. The lowest BCUT2D eigenvalue weighted by molar-refractivity contribution is -0.262. The summed E-state index contributed by atoms with van der Waals surface area (Å²) in [7, 11) is 0. The molecule has 8 atom stereocenters. The summed E-state index contributed by atoms with van der Waals surface area (Å²) in [6.45, 7) is 2.82. The van der Waals surface area contributed by atoms with Crippen LogP contribution in [0.2, 0.25) is 0 Å². The zero-order valence-corrected chi connectivity index (χ0v) is 15.9. The Morgan fingerprint density at radius 2 is 1.78 bits per heavy atom. The Balaban J connectivity index is 1.92.